The zero-order valence-corrected chi connectivity index (χ0v) is 12.6. The van der Waals surface area contributed by atoms with Crippen molar-refractivity contribution in [1.29, 1.82) is 0 Å². The summed E-state index contributed by atoms with van der Waals surface area (Å²) in [6, 6.07) is 14.6. The third-order valence-electron chi connectivity index (χ3n) is 3.77. The van der Waals surface area contributed by atoms with Crippen molar-refractivity contribution >= 4 is 23.5 Å². The third kappa shape index (κ3) is 3.25. The molecule has 0 amide bonds. The second kappa shape index (κ2) is 6.48. The number of nitrogens with zero attached hydrogens (tertiary/aromatic N) is 1. The topological polar surface area (TPSA) is 82.8 Å². The summed E-state index contributed by atoms with van der Waals surface area (Å²) in [6.07, 6.45) is 0. The summed E-state index contributed by atoms with van der Waals surface area (Å²) in [4.78, 5) is 8.97. The SMILES string of the molecule is Cc1ccc2nc(-c3ccc(B(O)O)cc3)cc(COO)c2c1. The van der Waals surface area contributed by atoms with Crippen molar-refractivity contribution in [3.63, 3.8) is 0 Å². The lowest BCUT2D eigenvalue weighted by Crippen LogP contribution is -2.29. The summed E-state index contributed by atoms with van der Waals surface area (Å²) < 4.78 is 0. The number of pyridine rings is 1. The van der Waals surface area contributed by atoms with Gasteiger partial charge < -0.3 is 10.0 Å². The van der Waals surface area contributed by atoms with Gasteiger partial charge in [-0.25, -0.2) is 9.87 Å². The predicted molar refractivity (Wildman–Crippen MR) is 89.2 cm³/mol. The van der Waals surface area contributed by atoms with Crippen LogP contribution in [0.2, 0.25) is 0 Å². The van der Waals surface area contributed by atoms with Crippen molar-refractivity contribution in [1.82, 2.24) is 4.98 Å². The second-order valence-electron chi connectivity index (χ2n) is 5.46. The van der Waals surface area contributed by atoms with E-state index in [1.54, 1.807) is 24.3 Å². The summed E-state index contributed by atoms with van der Waals surface area (Å²) in [5, 5.41) is 28.1. The van der Waals surface area contributed by atoms with Crippen LogP contribution in [-0.2, 0) is 11.5 Å². The van der Waals surface area contributed by atoms with E-state index in [9.17, 15) is 0 Å². The van der Waals surface area contributed by atoms with Gasteiger partial charge in [-0.15, -0.1) is 0 Å². The van der Waals surface area contributed by atoms with E-state index in [0.717, 1.165) is 33.3 Å². The van der Waals surface area contributed by atoms with Crippen LogP contribution in [0.3, 0.4) is 0 Å². The van der Waals surface area contributed by atoms with E-state index in [4.69, 9.17) is 15.3 Å². The molecule has 0 aliphatic heterocycles. The smallest absolute Gasteiger partial charge is 0.423 e. The van der Waals surface area contributed by atoms with Crippen LogP contribution in [0.1, 0.15) is 11.1 Å². The van der Waals surface area contributed by atoms with Gasteiger partial charge in [0.2, 0.25) is 0 Å². The first-order chi connectivity index (χ1) is 11.1. The molecule has 3 N–H and O–H groups in total. The number of aromatic nitrogens is 1. The van der Waals surface area contributed by atoms with Crippen LogP contribution in [0.5, 0.6) is 0 Å². The lowest BCUT2D eigenvalue weighted by atomic mass is 9.80. The molecule has 116 valence electrons. The summed E-state index contributed by atoms with van der Waals surface area (Å²) in [5.41, 5.74) is 4.74. The van der Waals surface area contributed by atoms with Crippen molar-refractivity contribution < 1.29 is 20.2 Å². The molecule has 0 spiro atoms. The molecule has 2 aromatic carbocycles. The zero-order chi connectivity index (χ0) is 16.4. The third-order valence-corrected chi connectivity index (χ3v) is 3.77. The fourth-order valence-electron chi connectivity index (χ4n) is 2.57. The normalized spacial score (nSPS) is 11.0. The molecule has 3 rings (SSSR count). The van der Waals surface area contributed by atoms with Crippen molar-refractivity contribution in [2.75, 3.05) is 0 Å². The molecular weight excluding hydrogens is 293 g/mol. The summed E-state index contributed by atoms with van der Waals surface area (Å²) >= 11 is 0. The lowest BCUT2D eigenvalue weighted by molar-refractivity contribution is -0.252. The van der Waals surface area contributed by atoms with Crippen LogP contribution in [-0.4, -0.2) is 27.4 Å². The average Bonchev–Trinajstić information content (AvgIpc) is 2.55. The molecule has 23 heavy (non-hydrogen) atoms. The molecule has 0 bridgehead atoms. The van der Waals surface area contributed by atoms with Gasteiger partial charge in [0.15, 0.2) is 0 Å². The minimum absolute atomic E-state index is 0.0723. The monoisotopic (exact) mass is 309 g/mol. The van der Waals surface area contributed by atoms with E-state index in [1.807, 2.05) is 31.2 Å². The Morgan fingerprint density at radius 2 is 1.78 bits per heavy atom. The Hall–Kier alpha value is -2.25. The van der Waals surface area contributed by atoms with Crippen molar-refractivity contribution in [2.45, 2.75) is 13.5 Å². The molecule has 3 aromatic rings. The number of rotatable bonds is 4. The van der Waals surface area contributed by atoms with E-state index < -0.39 is 7.12 Å². The van der Waals surface area contributed by atoms with Gasteiger partial charge >= 0.3 is 7.12 Å². The molecular formula is C17H16BNO4. The minimum Gasteiger partial charge on any atom is -0.423 e. The highest BCUT2D eigenvalue weighted by Gasteiger charge is 2.12. The molecule has 0 unspecified atom stereocenters. The number of fused-ring (bicyclic) bond motifs is 1. The van der Waals surface area contributed by atoms with E-state index in [-0.39, 0.29) is 6.61 Å². The van der Waals surface area contributed by atoms with Gasteiger partial charge in [-0.3, -0.25) is 5.26 Å². The Kier molecular flexibility index (Phi) is 4.41. The molecule has 1 heterocycles. The van der Waals surface area contributed by atoms with E-state index in [0.29, 0.717) is 5.46 Å². The van der Waals surface area contributed by atoms with Crippen LogP contribution >= 0.6 is 0 Å². The highest BCUT2D eigenvalue weighted by atomic mass is 17.1. The zero-order valence-electron chi connectivity index (χ0n) is 12.6. The number of hydrogen-bond acceptors (Lipinski definition) is 5. The number of hydrogen-bond donors (Lipinski definition) is 3. The van der Waals surface area contributed by atoms with Gasteiger partial charge in [-0.2, -0.15) is 0 Å². The molecule has 0 saturated carbocycles. The highest BCUT2D eigenvalue weighted by Crippen LogP contribution is 2.25. The van der Waals surface area contributed by atoms with E-state index >= 15 is 0 Å². The maximum atomic E-state index is 9.16. The maximum Gasteiger partial charge on any atom is 0.488 e. The molecule has 0 saturated heterocycles. The highest BCUT2D eigenvalue weighted by molar-refractivity contribution is 6.58. The van der Waals surface area contributed by atoms with Crippen LogP contribution in [0.15, 0.2) is 48.5 Å². The molecule has 1 aromatic heterocycles. The average molecular weight is 309 g/mol. The van der Waals surface area contributed by atoms with Crippen molar-refractivity contribution in [3.05, 3.63) is 59.7 Å². The Labute approximate surface area is 133 Å². The predicted octanol–water partition coefficient (Wildman–Crippen LogP) is 1.88. The first-order valence-corrected chi connectivity index (χ1v) is 7.21. The van der Waals surface area contributed by atoms with Gasteiger partial charge in [-0.05, 0) is 36.1 Å². The first kappa shape index (κ1) is 15.6. The molecule has 0 aliphatic rings. The molecule has 6 heteroatoms. The Morgan fingerprint density at radius 3 is 2.43 bits per heavy atom. The Morgan fingerprint density at radius 1 is 1.04 bits per heavy atom. The second-order valence-corrected chi connectivity index (χ2v) is 5.46. The largest absolute Gasteiger partial charge is 0.488 e. The molecule has 0 radical (unpaired) electrons. The van der Waals surface area contributed by atoms with E-state index in [2.05, 4.69) is 9.87 Å². The van der Waals surface area contributed by atoms with Crippen molar-refractivity contribution in [2.24, 2.45) is 0 Å². The lowest BCUT2D eigenvalue weighted by Gasteiger charge is -2.10. The summed E-state index contributed by atoms with van der Waals surface area (Å²) in [7, 11) is -1.49. The fourth-order valence-corrected chi connectivity index (χ4v) is 2.57. The molecule has 0 atom stereocenters. The van der Waals surface area contributed by atoms with Crippen LogP contribution in [0, 0.1) is 6.92 Å². The van der Waals surface area contributed by atoms with Gasteiger partial charge in [0.1, 0.15) is 6.61 Å². The van der Waals surface area contributed by atoms with Gasteiger partial charge in [0.25, 0.3) is 0 Å². The molecule has 0 aliphatic carbocycles. The van der Waals surface area contributed by atoms with E-state index in [1.165, 1.54) is 0 Å². The molecule has 0 fully saturated rings. The Balaban J connectivity index is 2.12. The number of aryl methyl sites for hydroxylation is 1. The van der Waals surface area contributed by atoms with Crippen LogP contribution in [0.4, 0.5) is 0 Å². The first-order valence-electron chi connectivity index (χ1n) is 7.21. The fraction of sp³-hybridized carbons (Fsp3) is 0.118. The number of benzene rings is 2. The summed E-state index contributed by atoms with van der Waals surface area (Å²) in [6.45, 7) is 2.07. The van der Waals surface area contributed by atoms with Crippen LogP contribution < -0.4 is 5.46 Å². The quantitative estimate of drug-likeness (QED) is 0.389. The molecule has 5 nitrogen and oxygen atoms in total. The van der Waals surface area contributed by atoms with Gasteiger partial charge in [0.05, 0.1) is 11.2 Å². The minimum atomic E-state index is -1.49. The van der Waals surface area contributed by atoms with Crippen LogP contribution in [0.25, 0.3) is 22.2 Å². The maximum absolute atomic E-state index is 9.16. The summed E-state index contributed by atoms with van der Waals surface area (Å²) in [5.74, 6) is 0. The standard InChI is InChI=1S/C17H16BNO4/c1-11-2-7-16-15(8-11)13(10-23-22)9-17(19-16)12-3-5-14(6-4-12)18(20)21/h2-9,20-22H,10H2,1H3. The van der Waals surface area contributed by atoms with Gasteiger partial charge in [-0.1, -0.05) is 35.9 Å². The van der Waals surface area contributed by atoms with Crippen molar-refractivity contribution in [3.8, 4) is 11.3 Å². The Bertz CT molecular complexity index is 834. The van der Waals surface area contributed by atoms with Gasteiger partial charge in [0, 0.05) is 10.9 Å².